The molecule has 3 aliphatic heterocycles. The lowest BCUT2D eigenvalue weighted by Gasteiger charge is -2.43. The first kappa shape index (κ1) is 17.3. The third kappa shape index (κ3) is 3.67. The Balaban J connectivity index is 1.48. The average Bonchev–Trinajstić information content (AvgIpc) is 2.92. The Kier molecular flexibility index (Phi) is 5.05. The SMILES string of the molecule is COc1ccc(CN2C[C@H]3CCC(=O)[C@@H]2CN3Cc2ccccc2)cc1. The summed E-state index contributed by atoms with van der Waals surface area (Å²) < 4.78 is 5.24. The summed E-state index contributed by atoms with van der Waals surface area (Å²) in [6.07, 6.45) is 1.68. The van der Waals surface area contributed by atoms with Gasteiger partial charge < -0.3 is 4.74 Å². The second-order valence-corrected chi connectivity index (χ2v) is 7.37. The molecule has 2 aromatic rings. The van der Waals surface area contributed by atoms with Gasteiger partial charge in [0, 0.05) is 38.6 Å². The van der Waals surface area contributed by atoms with Crippen molar-refractivity contribution in [3.63, 3.8) is 0 Å². The molecule has 0 N–H and O–H groups in total. The maximum Gasteiger partial charge on any atom is 0.151 e. The minimum atomic E-state index is 0.0135. The van der Waals surface area contributed by atoms with E-state index in [1.54, 1.807) is 7.11 Å². The molecule has 0 saturated carbocycles. The number of ether oxygens (including phenoxy) is 1. The van der Waals surface area contributed by atoms with E-state index in [4.69, 9.17) is 4.74 Å². The van der Waals surface area contributed by atoms with Gasteiger partial charge in [-0.05, 0) is 29.7 Å². The van der Waals surface area contributed by atoms with Gasteiger partial charge in [-0.1, -0.05) is 42.5 Å². The first-order valence-electron chi connectivity index (χ1n) is 9.40. The number of hydrogen-bond donors (Lipinski definition) is 0. The Bertz CT molecular complexity index is 744. The zero-order chi connectivity index (χ0) is 17.9. The molecule has 2 aromatic carbocycles. The van der Waals surface area contributed by atoms with Gasteiger partial charge in [0.05, 0.1) is 13.2 Å². The fourth-order valence-electron chi connectivity index (χ4n) is 4.21. The highest BCUT2D eigenvalue weighted by atomic mass is 16.5. The fourth-order valence-corrected chi connectivity index (χ4v) is 4.21. The van der Waals surface area contributed by atoms with Gasteiger partial charge in [-0.2, -0.15) is 0 Å². The number of benzene rings is 2. The van der Waals surface area contributed by atoms with Gasteiger partial charge in [0.1, 0.15) is 5.75 Å². The van der Waals surface area contributed by atoms with Crippen molar-refractivity contribution in [1.82, 2.24) is 9.80 Å². The molecule has 4 heteroatoms. The van der Waals surface area contributed by atoms with E-state index < -0.39 is 0 Å². The predicted octanol–water partition coefficient (Wildman–Crippen LogP) is 3.11. The summed E-state index contributed by atoms with van der Waals surface area (Å²) in [5, 5.41) is 0. The number of ketones is 1. The molecule has 0 amide bonds. The number of nitrogens with zero attached hydrogens (tertiary/aromatic N) is 2. The smallest absolute Gasteiger partial charge is 0.151 e. The third-order valence-corrected chi connectivity index (χ3v) is 5.68. The van der Waals surface area contributed by atoms with Crippen molar-refractivity contribution in [2.45, 2.75) is 38.0 Å². The molecule has 5 rings (SSSR count). The van der Waals surface area contributed by atoms with Gasteiger partial charge in [-0.15, -0.1) is 0 Å². The van der Waals surface area contributed by atoms with Gasteiger partial charge >= 0.3 is 0 Å². The molecule has 0 unspecified atom stereocenters. The van der Waals surface area contributed by atoms with Crippen LogP contribution in [0.3, 0.4) is 0 Å². The van der Waals surface area contributed by atoms with E-state index in [0.29, 0.717) is 18.2 Å². The monoisotopic (exact) mass is 350 g/mol. The molecule has 3 heterocycles. The summed E-state index contributed by atoms with van der Waals surface area (Å²) in [7, 11) is 1.68. The highest BCUT2D eigenvalue weighted by Gasteiger charge is 2.40. The zero-order valence-corrected chi connectivity index (χ0v) is 15.3. The number of carbonyl (C=O) groups is 1. The molecule has 26 heavy (non-hydrogen) atoms. The zero-order valence-electron chi connectivity index (χ0n) is 15.3. The van der Waals surface area contributed by atoms with Crippen LogP contribution in [0.5, 0.6) is 5.75 Å². The van der Waals surface area contributed by atoms with Crippen molar-refractivity contribution in [3.8, 4) is 5.75 Å². The number of hydrogen-bond acceptors (Lipinski definition) is 4. The molecule has 0 aromatic heterocycles. The molecule has 0 spiro atoms. The van der Waals surface area contributed by atoms with Crippen LogP contribution in [0.25, 0.3) is 0 Å². The van der Waals surface area contributed by atoms with Crippen LogP contribution in [0, 0.1) is 0 Å². The predicted molar refractivity (Wildman–Crippen MR) is 102 cm³/mol. The molecule has 3 aliphatic rings. The lowest BCUT2D eigenvalue weighted by atomic mass is 10.0. The van der Waals surface area contributed by atoms with Crippen LogP contribution in [-0.2, 0) is 17.9 Å². The maximum atomic E-state index is 12.7. The molecule has 2 bridgehead atoms. The molecular weight excluding hydrogens is 324 g/mol. The largest absolute Gasteiger partial charge is 0.497 e. The van der Waals surface area contributed by atoms with Crippen LogP contribution in [-0.4, -0.2) is 47.9 Å². The number of piperazine rings is 1. The van der Waals surface area contributed by atoms with E-state index >= 15 is 0 Å². The number of rotatable bonds is 5. The van der Waals surface area contributed by atoms with Crippen LogP contribution in [0.1, 0.15) is 24.0 Å². The van der Waals surface area contributed by atoms with Crippen LogP contribution >= 0.6 is 0 Å². The van der Waals surface area contributed by atoms with E-state index in [9.17, 15) is 4.79 Å². The number of Topliss-reactive ketones (excluding diaryl/α,β-unsaturated/α-hetero) is 1. The highest BCUT2D eigenvalue weighted by molar-refractivity contribution is 5.85. The Morgan fingerprint density at radius 1 is 0.923 bits per heavy atom. The van der Waals surface area contributed by atoms with Crippen LogP contribution in [0.2, 0.25) is 0 Å². The van der Waals surface area contributed by atoms with Gasteiger partial charge in [-0.3, -0.25) is 14.6 Å². The molecule has 3 saturated heterocycles. The van der Waals surface area contributed by atoms with Gasteiger partial charge in [-0.25, -0.2) is 0 Å². The van der Waals surface area contributed by atoms with E-state index in [0.717, 1.165) is 38.3 Å². The minimum Gasteiger partial charge on any atom is -0.497 e. The Morgan fingerprint density at radius 2 is 1.62 bits per heavy atom. The van der Waals surface area contributed by atoms with Crippen molar-refractivity contribution in [2.75, 3.05) is 20.2 Å². The molecule has 3 fully saturated rings. The van der Waals surface area contributed by atoms with Crippen molar-refractivity contribution in [1.29, 1.82) is 0 Å². The highest BCUT2D eigenvalue weighted by Crippen LogP contribution is 2.28. The van der Waals surface area contributed by atoms with E-state index in [1.807, 2.05) is 12.1 Å². The van der Waals surface area contributed by atoms with Crippen molar-refractivity contribution < 1.29 is 9.53 Å². The molecular formula is C22H26N2O2. The molecule has 0 aliphatic carbocycles. The van der Waals surface area contributed by atoms with Crippen LogP contribution in [0.15, 0.2) is 54.6 Å². The van der Waals surface area contributed by atoms with Crippen molar-refractivity contribution >= 4 is 5.78 Å². The summed E-state index contributed by atoms with van der Waals surface area (Å²) in [5.41, 5.74) is 2.56. The second-order valence-electron chi connectivity index (χ2n) is 7.37. The van der Waals surface area contributed by atoms with Crippen molar-refractivity contribution in [3.05, 3.63) is 65.7 Å². The van der Waals surface area contributed by atoms with Crippen LogP contribution < -0.4 is 4.74 Å². The van der Waals surface area contributed by atoms with Crippen molar-refractivity contribution in [2.24, 2.45) is 0 Å². The summed E-state index contributed by atoms with van der Waals surface area (Å²) in [5.74, 6) is 1.27. The van der Waals surface area contributed by atoms with E-state index in [-0.39, 0.29) is 6.04 Å². The molecule has 0 radical (unpaired) electrons. The molecule has 4 nitrogen and oxygen atoms in total. The minimum absolute atomic E-state index is 0.0135. The standard InChI is InChI=1S/C22H26N2O2/c1-26-20-10-7-18(8-11-20)14-24-15-19-9-12-22(25)21(24)16-23(19)13-17-5-3-2-4-6-17/h2-8,10-11,19,21H,9,12-16H2,1H3/t19-,21+/m1/s1. The number of carbonyl (C=O) groups excluding carboxylic acids is 1. The lowest BCUT2D eigenvalue weighted by molar-refractivity contribution is -0.125. The Morgan fingerprint density at radius 3 is 2.35 bits per heavy atom. The maximum absolute atomic E-state index is 12.7. The first-order valence-corrected chi connectivity index (χ1v) is 9.40. The summed E-state index contributed by atoms with van der Waals surface area (Å²) in [6, 6.07) is 19.2. The average molecular weight is 350 g/mol. The van der Waals surface area contributed by atoms with Gasteiger partial charge in [0.2, 0.25) is 0 Å². The quantitative estimate of drug-likeness (QED) is 0.829. The van der Waals surface area contributed by atoms with Gasteiger partial charge in [0.25, 0.3) is 0 Å². The lowest BCUT2D eigenvalue weighted by Crippen LogP contribution is -2.57. The summed E-state index contributed by atoms with van der Waals surface area (Å²) in [6.45, 7) is 3.57. The van der Waals surface area contributed by atoms with Crippen LogP contribution in [0.4, 0.5) is 0 Å². The third-order valence-electron chi connectivity index (χ3n) is 5.68. The molecule has 136 valence electrons. The second kappa shape index (κ2) is 7.60. The van der Waals surface area contributed by atoms with E-state index in [2.05, 4.69) is 52.3 Å². The fraction of sp³-hybridized carbons (Fsp3) is 0.409. The summed E-state index contributed by atoms with van der Waals surface area (Å²) >= 11 is 0. The number of methoxy groups -OCH3 is 1. The Labute approximate surface area is 155 Å². The normalized spacial score (nSPS) is 23.8. The van der Waals surface area contributed by atoms with Gasteiger partial charge in [0.15, 0.2) is 5.78 Å². The summed E-state index contributed by atoms with van der Waals surface area (Å²) in [4.78, 5) is 17.6. The van der Waals surface area contributed by atoms with E-state index in [1.165, 1.54) is 11.1 Å². The number of fused-ring (bicyclic) bond motifs is 4. The molecule has 2 atom stereocenters. The topological polar surface area (TPSA) is 32.8 Å². The first-order chi connectivity index (χ1) is 12.7. The Hall–Kier alpha value is -2.17.